The Hall–Kier alpha value is -1.67. The Morgan fingerprint density at radius 1 is 1.33 bits per heavy atom. The van der Waals surface area contributed by atoms with Crippen molar-refractivity contribution in [2.45, 2.75) is 6.42 Å². The molecule has 2 rings (SSSR count). The number of anilines is 2. The lowest BCUT2D eigenvalue weighted by Gasteiger charge is -2.28. The van der Waals surface area contributed by atoms with Gasteiger partial charge in [-0.3, -0.25) is 4.79 Å². The molecule has 18 heavy (non-hydrogen) atoms. The number of thioether (sulfide) groups is 1. The first-order valence-electron chi connectivity index (χ1n) is 5.89. The van der Waals surface area contributed by atoms with E-state index in [0.29, 0.717) is 0 Å². The molecule has 0 atom stereocenters. The second kappa shape index (κ2) is 6.31. The van der Waals surface area contributed by atoms with Crippen LogP contribution in [0.3, 0.4) is 0 Å². The third kappa shape index (κ3) is 3.41. The van der Waals surface area contributed by atoms with Gasteiger partial charge in [-0.25, -0.2) is 0 Å². The minimum absolute atomic E-state index is 0.106. The van der Waals surface area contributed by atoms with E-state index in [4.69, 9.17) is 5.26 Å². The molecule has 0 spiro atoms. The Kier molecular flexibility index (Phi) is 4.48. The summed E-state index contributed by atoms with van der Waals surface area (Å²) in [6, 6.07) is 9.61. The molecule has 1 aliphatic rings. The number of carbonyl (C=O) groups excluding carboxylic acids is 1. The summed E-state index contributed by atoms with van der Waals surface area (Å²) in [5, 5.41) is 11.1. The van der Waals surface area contributed by atoms with Crippen LogP contribution in [0.15, 0.2) is 24.3 Å². The molecule has 4 nitrogen and oxygen atoms in total. The van der Waals surface area contributed by atoms with Crippen LogP contribution in [-0.4, -0.2) is 30.5 Å². The average Bonchev–Trinajstić information content (AvgIpc) is 2.41. The number of amides is 1. The van der Waals surface area contributed by atoms with E-state index in [1.165, 1.54) is 17.2 Å². The average molecular weight is 261 g/mol. The van der Waals surface area contributed by atoms with Gasteiger partial charge in [-0.1, -0.05) is 0 Å². The number of nitrogens with one attached hydrogen (secondary N) is 1. The van der Waals surface area contributed by atoms with E-state index in [1.807, 2.05) is 42.1 Å². The van der Waals surface area contributed by atoms with E-state index in [1.54, 1.807) is 0 Å². The second-order valence-corrected chi connectivity index (χ2v) is 5.25. The van der Waals surface area contributed by atoms with Crippen molar-refractivity contribution in [3.8, 4) is 6.07 Å². The SMILES string of the molecule is N#CCC(=O)Nc1ccc(N2CCSCC2)cc1. The van der Waals surface area contributed by atoms with E-state index < -0.39 is 0 Å². The van der Waals surface area contributed by atoms with E-state index in [9.17, 15) is 4.79 Å². The first-order chi connectivity index (χ1) is 8.79. The van der Waals surface area contributed by atoms with Crippen molar-refractivity contribution in [1.82, 2.24) is 0 Å². The molecule has 0 radical (unpaired) electrons. The largest absolute Gasteiger partial charge is 0.370 e. The monoisotopic (exact) mass is 261 g/mol. The van der Waals surface area contributed by atoms with Gasteiger partial charge >= 0.3 is 0 Å². The summed E-state index contributed by atoms with van der Waals surface area (Å²) in [7, 11) is 0. The van der Waals surface area contributed by atoms with Crippen LogP contribution >= 0.6 is 11.8 Å². The summed E-state index contributed by atoms with van der Waals surface area (Å²) >= 11 is 1.98. The molecule has 0 saturated carbocycles. The van der Waals surface area contributed by atoms with Crippen molar-refractivity contribution in [3.63, 3.8) is 0 Å². The lowest BCUT2D eigenvalue weighted by molar-refractivity contribution is -0.115. The highest BCUT2D eigenvalue weighted by molar-refractivity contribution is 7.99. The molecule has 1 N–H and O–H groups in total. The summed E-state index contributed by atoms with van der Waals surface area (Å²) < 4.78 is 0. The minimum atomic E-state index is -0.264. The first kappa shape index (κ1) is 12.8. The van der Waals surface area contributed by atoms with Crippen molar-refractivity contribution in [2.75, 3.05) is 34.8 Å². The Balaban J connectivity index is 1.96. The van der Waals surface area contributed by atoms with Crippen LogP contribution in [0.25, 0.3) is 0 Å². The van der Waals surface area contributed by atoms with Crippen LogP contribution in [0.5, 0.6) is 0 Å². The van der Waals surface area contributed by atoms with E-state index in [-0.39, 0.29) is 12.3 Å². The first-order valence-corrected chi connectivity index (χ1v) is 7.04. The molecule has 1 aliphatic heterocycles. The molecule has 1 aromatic rings. The van der Waals surface area contributed by atoms with Gasteiger partial charge in [0, 0.05) is 36.0 Å². The van der Waals surface area contributed by atoms with Gasteiger partial charge < -0.3 is 10.2 Å². The molecule has 1 fully saturated rings. The molecule has 94 valence electrons. The predicted octanol–water partition coefficient (Wildman–Crippen LogP) is 2.09. The summed E-state index contributed by atoms with van der Waals surface area (Å²) in [5.74, 6) is 2.07. The smallest absolute Gasteiger partial charge is 0.238 e. The molecule has 1 heterocycles. The maximum Gasteiger partial charge on any atom is 0.238 e. The van der Waals surface area contributed by atoms with Crippen LogP contribution in [0.2, 0.25) is 0 Å². The van der Waals surface area contributed by atoms with Crippen molar-refractivity contribution in [2.24, 2.45) is 0 Å². The normalized spacial score (nSPS) is 14.9. The van der Waals surface area contributed by atoms with Crippen LogP contribution < -0.4 is 10.2 Å². The lowest BCUT2D eigenvalue weighted by atomic mass is 10.2. The summed E-state index contributed by atoms with van der Waals surface area (Å²) in [4.78, 5) is 13.6. The van der Waals surface area contributed by atoms with Gasteiger partial charge in [-0.05, 0) is 24.3 Å². The minimum Gasteiger partial charge on any atom is -0.370 e. The molecule has 1 amide bonds. The van der Waals surface area contributed by atoms with Gasteiger partial charge in [0.05, 0.1) is 6.07 Å². The quantitative estimate of drug-likeness (QED) is 0.905. The summed E-state index contributed by atoms with van der Waals surface area (Å²) in [5.41, 5.74) is 1.93. The Bertz CT molecular complexity index is 446. The third-order valence-electron chi connectivity index (χ3n) is 2.77. The third-order valence-corrected chi connectivity index (χ3v) is 3.71. The van der Waals surface area contributed by atoms with Gasteiger partial charge in [0.25, 0.3) is 0 Å². The fourth-order valence-electron chi connectivity index (χ4n) is 1.85. The number of nitrogens with zero attached hydrogens (tertiary/aromatic N) is 2. The highest BCUT2D eigenvalue weighted by Gasteiger charge is 2.10. The zero-order valence-electron chi connectivity index (χ0n) is 10.1. The predicted molar refractivity (Wildman–Crippen MR) is 74.8 cm³/mol. The summed E-state index contributed by atoms with van der Waals surface area (Å²) in [6.07, 6.45) is -0.106. The van der Waals surface area contributed by atoms with E-state index in [2.05, 4.69) is 10.2 Å². The van der Waals surface area contributed by atoms with Crippen molar-refractivity contribution in [1.29, 1.82) is 5.26 Å². The fourth-order valence-corrected chi connectivity index (χ4v) is 2.76. The number of benzene rings is 1. The van der Waals surface area contributed by atoms with E-state index >= 15 is 0 Å². The van der Waals surface area contributed by atoms with Crippen molar-refractivity contribution >= 4 is 29.0 Å². The van der Waals surface area contributed by atoms with Crippen LogP contribution in [0, 0.1) is 11.3 Å². The number of hydrogen-bond donors (Lipinski definition) is 1. The van der Waals surface area contributed by atoms with Crippen LogP contribution in [0.4, 0.5) is 11.4 Å². The molecule has 1 saturated heterocycles. The molecule has 1 aromatic carbocycles. The molecule has 5 heteroatoms. The molecule has 0 bridgehead atoms. The fraction of sp³-hybridized carbons (Fsp3) is 0.385. The van der Waals surface area contributed by atoms with Gasteiger partial charge in [-0.15, -0.1) is 0 Å². The maximum absolute atomic E-state index is 11.3. The molecule has 0 aliphatic carbocycles. The van der Waals surface area contributed by atoms with E-state index in [0.717, 1.165) is 18.8 Å². The Labute approximate surface area is 111 Å². The highest BCUT2D eigenvalue weighted by Crippen LogP contribution is 2.21. The number of hydrogen-bond acceptors (Lipinski definition) is 4. The topological polar surface area (TPSA) is 56.1 Å². The standard InChI is InChI=1S/C13H15N3OS/c14-6-5-13(17)15-11-1-3-12(4-2-11)16-7-9-18-10-8-16/h1-4H,5,7-10H2,(H,15,17). The number of carbonyl (C=O) groups is 1. The zero-order chi connectivity index (χ0) is 12.8. The molecule has 0 aromatic heterocycles. The molecule has 0 unspecified atom stereocenters. The van der Waals surface area contributed by atoms with Crippen molar-refractivity contribution < 1.29 is 4.79 Å². The number of nitriles is 1. The van der Waals surface area contributed by atoms with Crippen molar-refractivity contribution in [3.05, 3.63) is 24.3 Å². The summed E-state index contributed by atoms with van der Waals surface area (Å²) in [6.45, 7) is 2.15. The van der Waals surface area contributed by atoms with Gasteiger partial charge in [0.1, 0.15) is 6.42 Å². The number of rotatable bonds is 3. The zero-order valence-corrected chi connectivity index (χ0v) is 10.9. The lowest BCUT2D eigenvalue weighted by Crippen LogP contribution is -2.32. The Morgan fingerprint density at radius 2 is 2.00 bits per heavy atom. The Morgan fingerprint density at radius 3 is 2.61 bits per heavy atom. The highest BCUT2D eigenvalue weighted by atomic mass is 32.2. The maximum atomic E-state index is 11.3. The molecular weight excluding hydrogens is 246 g/mol. The van der Waals surface area contributed by atoms with Gasteiger partial charge in [0.2, 0.25) is 5.91 Å². The van der Waals surface area contributed by atoms with Crippen LogP contribution in [0.1, 0.15) is 6.42 Å². The molecular formula is C13H15N3OS. The van der Waals surface area contributed by atoms with Gasteiger partial charge in [-0.2, -0.15) is 17.0 Å². The van der Waals surface area contributed by atoms with Gasteiger partial charge in [0.15, 0.2) is 0 Å². The van der Waals surface area contributed by atoms with Crippen LogP contribution in [-0.2, 0) is 4.79 Å². The second-order valence-electron chi connectivity index (χ2n) is 4.03.